The van der Waals surface area contributed by atoms with Gasteiger partial charge in [-0.2, -0.15) is 0 Å². The molecule has 0 N–H and O–H groups in total. The number of carbonyl (C=O) groups excluding carboxylic acids is 2. The van der Waals surface area contributed by atoms with Crippen LogP contribution in [0.2, 0.25) is 10.1 Å². The van der Waals surface area contributed by atoms with E-state index >= 15 is 0 Å². The van der Waals surface area contributed by atoms with Gasteiger partial charge in [0.15, 0.2) is 18.5 Å². The van der Waals surface area contributed by atoms with Gasteiger partial charge in [0.05, 0.1) is 6.61 Å². The standard InChI is InChI=1S/C19H34O8Si/c1-11(20)24-15-14-13(26-17(22-9)16(15)25-12(2)21)10-23-28(27-14,18(3,4)5)19(6,7)8/h13-17H,10H2,1-9H3/t13-,14-,15+,16-,17+/m1/s1. The molecule has 8 nitrogen and oxygen atoms in total. The zero-order chi connectivity index (χ0) is 21.5. The number of fused-ring (bicyclic) bond motifs is 1. The summed E-state index contributed by atoms with van der Waals surface area (Å²) < 4.78 is 35.4. The molecule has 0 radical (unpaired) electrons. The summed E-state index contributed by atoms with van der Waals surface area (Å²) >= 11 is 0. The van der Waals surface area contributed by atoms with E-state index in [1.165, 1.54) is 21.0 Å². The Balaban J connectivity index is 2.48. The van der Waals surface area contributed by atoms with Crippen LogP contribution in [0.15, 0.2) is 0 Å². The van der Waals surface area contributed by atoms with Gasteiger partial charge in [-0.15, -0.1) is 0 Å². The van der Waals surface area contributed by atoms with Crippen LogP contribution in [-0.4, -0.2) is 64.9 Å². The van der Waals surface area contributed by atoms with Crippen molar-refractivity contribution in [2.75, 3.05) is 13.7 Å². The molecule has 0 aromatic carbocycles. The van der Waals surface area contributed by atoms with Crippen LogP contribution in [0.25, 0.3) is 0 Å². The van der Waals surface area contributed by atoms with E-state index < -0.39 is 51.2 Å². The van der Waals surface area contributed by atoms with Gasteiger partial charge in [0.2, 0.25) is 0 Å². The van der Waals surface area contributed by atoms with Crippen LogP contribution in [0.3, 0.4) is 0 Å². The van der Waals surface area contributed by atoms with E-state index in [2.05, 4.69) is 41.5 Å². The van der Waals surface area contributed by atoms with Crippen molar-refractivity contribution in [1.29, 1.82) is 0 Å². The van der Waals surface area contributed by atoms with Gasteiger partial charge in [-0.25, -0.2) is 0 Å². The zero-order valence-corrected chi connectivity index (χ0v) is 19.4. The molecule has 0 aromatic heterocycles. The Hall–Kier alpha value is -1.00. The molecule has 0 saturated carbocycles. The van der Waals surface area contributed by atoms with Gasteiger partial charge in [0, 0.05) is 31.0 Å². The minimum Gasteiger partial charge on any atom is -0.456 e. The molecule has 2 fully saturated rings. The molecule has 0 spiro atoms. The molecule has 28 heavy (non-hydrogen) atoms. The number of carbonyl (C=O) groups is 2. The number of rotatable bonds is 3. The number of hydrogen-bond acceptors (Lipinski definition) is 8. The summed E-state index contributed by atoms with van der Waals surface area (Å²) in [7, 11) is -1.40. The average Bonchev–Trinajstić information content (AvgIpc) is 2.53. The van der Waals surface area contributed by atoms with Gasteiger partial charge in [-0.3, -0.25) is 9.59 Å². The monoisotopic (exact) mass is 418 g/mol. The first-order valence-electron chi connectivity index (χ1n) is 9.58. The lowest BCUT2D eigenvalue weighted by atomic mass is 9.98. The fourth-order valence-corrected chi connectivity index (χ4v) is 9.28. The normalized spacial score (nSPS) is 33.0. The summed E-state index contributed by atoms with van der Waals surface area (Å²) in [4.78, 5) is 23.5. The smallest absolute Gasteiger partial charge is 0.349 e. The molecular weight excluding hydrogens is 384 g/mol. The first-order chi connectivity index (χ1) is 12.7. The highest BCUT2D eigenvalue weighted by atomic mass is 28.4. The van der Waals surface area contributed by atoms with Crippen LogP contribution in [-0.2, 0) is 37.4 Å². The fourth-order valence-electron chi connectivity index (χ4n) is 4.32. The summed E-state index contributed by atoms with van der Waals surface area (Å²) in [6.45, 7) is 15.5. The third-order valence-electron chi connectivity index (χ3n) is 5.16. The molecular formula is C19H34O8Si. The Morgan fingerprint density at radius 1 is 0.929 bits per heavy atom. The quantitative estimate of drug-likeness (QED) is 0.510. The number of ether oxygens (including phenoxy) is 4. The van der Waals surface area contributed by atoms with E-state index in [4.69, 9.17) is 27.8 Å². The Morgan fingerprint density at radius 2 is 1.43 bits per heavy atom. The second kappa shape index (κ2) is 8.02. The van der Waals surface area contributed by atoms with E-state index in [0.29, 0.717) is 0 Å². The van der Waals surface area contributed by atoms with Gasteiger partial charge in [0.1, 0.15) is 12.2 Å². The molecule has 2 saturated heterocycles. The van der Waals surface area contributed by atoms with Gasteiger partial charge in [-0.05, 0) is 0 Å². The van der Waals surface area contributed by atoms with Gasteiger partial charge in [-0.1, -0.05) is 41.5 Å². The van der Waals surface area contributed by atoms with Crippen LogP contribution in [0, 0.1) is 0 Å². The summed E-state index contributed by atoms with van der Waals surface area (Å²) in [5.41, 5.74) is 0. The van der Waals surface area contributed by atoms with E-state index in [1.807, 2.05) is 0 Å². The van der Waals surface area contributed by atoms with Crippen molar-refractivity contribution in [2.24, 2.45) is 0 Å². The van der Waals surface area contributed by atoms with Gasteiger partial charge >= 0.3 is 20.5 Å². The van der Waals surface area contributed by atoms with Crippen molar-refractivity contribution in [3.05, 3.63) is 0 Å². The maximum Gasteiger partial charge on any atom is 0.349 e. The van der Waals surface area contributed by atoms with Crippen molar-refractivity contribution in [2.45, 2.75) is 96.2 Å². The molecule has 2 heterocycles. The minimum atomic E-state index is -2.84. The third-order valence-corrected chi connectivity index (χ3v) is 10.3. The number of hydrogen-bond donors (Lipinski definition) is 0. The fraction of sp³-hybridized carbons (Fsp3) is 0.895. The second-order valence-corrected chi connectivity index (χ2v) is 14.2. The topological polar surface area (TPSA) is 89.5 Å². The second-order valence-electron chi connectivity index (χ2n) is 9.44. The van der Waals surface area contributed by atoms with Crippen LogP contribution < -0.4 is 0 Å². The largest absolute Gasteiger partial charge is 0.456 e. The number of esters is 2. The predicted molar refractivity (Wildman–Crippen MR) is 103 cm³/mol. The van der Waals surface area contributed by atoms with Crippen molar-refractivity contribution in [1.82, 2.24) is 0 Å². The summed E-state index contributed by atoms with van der Waals surface area (Å²) in [5, 5.41) is -0.516. The first-order valence-corrected chi connectivity index (χ1v) is 11.4. The van der Waals surface area contributed by atoms with E-state index in [-0.39, 0.29) is 16.7 Å². The van der Waals surface area contributed by atoms with Crippen molar-refractivity contribution >= 4 is 20.5 Å². The van der Waals surface area contributed by atoms with Gasteiger partial charge in [0.25, 0.3) is 0 Å². The van der Waals surface area contributed by atoms with Crippen molar-refractivity contribution < 1.29 is 37.4 Å². The lowest BCUT2D eigenvalue weighted by Gasteiger charge is -2.57. The maximum absolute atomic E-state index is 11.8. The number of methoxy groups -OCH3 is 1. The molecule has 0 aromatic rings. The molecule has 2 aliphatic rings. The highest BCUT2D eigenvalue weighted by Crippen LogP contribution is 2.55. The lowest BCUT2D eigenvalue weighted by Crippen LogP contribution is -2.72. The highest BCUT2D eigenvalue weighted by Gasteiger charge is 2.65. The molecule has 2 aliphatic heterocycles. The molecule has 2 rings (SSSR count). The summed E-state index contributed by atoms with van der Waals surface area (Å²) in [6.07, 6.45) is -3.81. The predicted octanol–water partition coefficient (Wildman–Crippen LogP) is 2.68. The summed E-state index contributed by atoms with van der Waals surface area (Å²) in [6, 6.07) is 0. The first kappa shape index (κ1) is 23.3. The molecule has 162 valence electrons. The third kappa shape index (κ3) is 4.28. The highest BCUT2D eigenvalue weighted by molar-refractivity contribution is 6.73. The Bertz CT molecular complexity index is 580. The molecule has 0 amide bonds. The van der Waals surface area contributed by atoms with Crippen molar-refractivity contribution in [3.8, 4) is 0 Å². The van der Waals surface area contributed by atoms with Crippen LogP contribution >= 0.6 is 0 Å². The summed E-state index contributed by atoms with van der Waals surface area (Å²) in [5.74, 6) is -1.01. The average molecular weight is 419 g/mol. The Morgan fingerprint density at radius 3 is 1.86 bits per heavy atom. The SMILES string of the molecule is CO[C@H]1O[C@@H]2CO[Si](C(C)(C)C)(C(C)(C)C)O[C@H]2[C@H](OC(C)=O)[C@H]1OC(C)=O. The van der Waals surface area contributed by atoms with Gasteiger partial charge < -0.3 is 27.8 Å². The Labute approximate surface area is 168 Å². The lowest BCUT2D eigenvalue weighted by molar-refractivity contribution is -0.307. The van der Waals surface area contributed by atoms with Crippen molar-refractivity contribution in [3.63, 3.8) is 0 Å². The molecule has 0 aliphatic carbocycles. The van der Waals surface area contributed by atoms with Crippen LogP contribution in [0.4, 0.5) is 0 Å². The molecule has 5 atom stereocenters. The van der Waals surface area contributed by atoms with E-state index in [9.17, 15) is 9.59 Å². The van der Waals surface area contributed by atoms with E-state index in [1.54, 1.807) is 0 Å². The van der Waals surface area contributed by atoms with E-state index in [0.717, 1.165) is 0 Å². The zero-order valence-electron chi connectivity index (χ0n) is 18.4. The van der Waals surface area contributed by atoms with Crippen LogP contribution in [0.5, 0.6) is 0 Å². The minimum absolute atomic E-state index is 0.258. The molecule has 9 heteroatoms. The molecule has 0 bridgehead atoms. The Kier molecular flexibility index (Phi) is 6.67. The maximum atomic E-state index is 11.8. The van der Waals surface area contributed by atoms with Crippen LogP contribution in [0.1, 0.15) is 55.4 Å². The molecule has 0 unspecified atom stereocenters.